The second-order valence-corrected chi connectivity index (χ2v) is 11.9. The number of rotatable bonds is 7. The number of hydrogen-bond donors (Lipinski definition) is 3. The molecule has 4 N–H and O–H groups in total. The van der Waals surface area contributed by atoms with Gasteiger partial charge in [-0.1, -0.05) is 26.2 Å². The third kappa shape index (κ3) is 7.05. The monoisotopic (exact) mass is 468 g/mol. The van der Waals surface area contributed by atoms with Gasteiger partial charge in [-0.05, 0) is 82.7 Å². The van der Waals surface area contributed by atoms with Gasteiger partial charge in [-0.2, -0.15) is 0 Å². The normalized spacial score (nSPS) is 39.1. The molecule has 186 valence electrons. The van der Waals surface area contributed by atoms with Gasteiger partial charge in [0, 0.05) is 43.1 Å². The van der Waals surface area contributed by atoms with E-state index in [2.05, 4.69) is 22.5 Å². The molecule has 32 heavy (non-hydrogen) atoms. The van der Waals surface area contributed by atoms with E-state index in [0.717, 1.165) is 38.5 Å². The summed E-state index contributed by atoms with van der Waals surface area (Å²) in [5.74, 6) is 2.07. The van der Waals surface area contributed by atoms with Gasteiger partial charge in [0.05, 0.1) is 12.3 Å². The Balaban J connectivity index is 1.24. The van der Waals surface area contributed by atoms with Crippen LogP contribution in [0.1, 0.15) is 84.0 Å². The highest BCUT2D eigenvalue weighted by Crippen LogP contribution is 2.30. The molecule has 6 heteroatoms. The van der Waals surface area contributed by atoms with Crippen LogP contribution in [0.5, 0.6) is 0 Å². The van der Waals surface area contributed by atoms with Gasteiger partial charge in [0.2, 0.25) is 0 Å². The van der Waals surface area contributed by atoms with Crippen LogP contribution in [0.3, 0.4) is 0 Å². The van der Waals surface area contributed by atoms with Crippen LogP contribution in [0.2, 0.25) is 0 Å². The Morgan fingerprint density at radius 1 is 0.969 bits per heavy atom. The number of nitrogens with two attached hydrogens (primary N) is 1. The molecule has 2 aliphatic heterocycles. The van der Waals surface area contributed by atoms with Crippen molar-refractivity contribution < 1.29 is 4.74 Å². The van der Waals surface area contributed by atoms with Crippen molar-refractivity contribution in [2.75, 3.05) is 32.8 Å². The molecule has 0 radical (unpaired) electrons. The Morgan fingerprint density at radius 2 is 1.72 bits per heavy atom. The predicted octanol–water partition coefficient (Wildman–Crippen LogP) is 4.09. The highest BCUT2D eigenvalue weighted by Gasteiger charge is 2.36. The van der Waals surface area contributed by atoms with E-state index >= 15 is 0 Å². The number of nitrogens with one attached hydrogen (secondary N) is 2. The standard InChI is InChI=1S/C26H49ClN4O/c1-19-25(31-13-10-24(11-14-31)32-18-20-6-4-7-20)9-12-29-26(19)30-23-8-3-2-5-21(17-28)15-22(27)16-23/h19-26,29-30H,2-18,28H2,1H3. The van der Waals surface area contributed by atoms with Gasteiger partial charge >= 0.3 is 0 Å². The molecule has 0 aromatic heterocycles. The SMILES string of the molecule is CC1C(NC2CCCCC(CN)CC(Cl)C2)NCCC1N1CCC(OCC2CCC2)CC1. The lowest BCUT2D eigenvalue weighted by Gasteiger charge is -2.46. The predicted molar refractivity (Wildman–Crippen MR) is 134 cm³/mol. The third-order valence-electron chi connectivity index (χ3n) is 8.97. The van der Waals surface area contributed by atoms with Crippen LogP contribution in [-0.4, -0.2) is 67.4 Å². The molecule has 2 saturated heterocycles. The lowest BCUT2D eigenvalue weighted by molar-refractivity contribution is -0.0378. The van der Waals surface area contributed by atoms with Crippen LogP contribution < -0.4 is 16.4 Å². The molecule has 2 saturated carbocycles. The molecule has 6 atom stereocenters. The molecule has 6 unspecified atom stereocenters. The van der Waals surface area contributed by atoms with Crippen molar-refractivity contribution in [1.29, 1.82) is 0 Å². The van der Waals surface area contributed by atoms with E-state index in [4.69, 9.17) is 22.1 Å². The Hall–Kier alpha value is 0.0900. The van der Waals surface area contributed by atoms with Crippen LogP contribution in [0.25, 0.3) is 0 Å². The molecular formula is C26H49ClN4O. The molecular weight excluding hydrogens is 420 g/mol. The Bertz CT molecular complexity index is 540. The molecule has 0 bridgehead atoms. The first-order chi connectivity index (χ1) is 15.6. The summed E-state index contributed by atoms with van der Waals surface area (Å²) >= 11 is 6.77. The Kier molecular flexibility index (Phi) is 9.99. The largest absolute Gasteiger partial charge is 0.378 e. The summed E-state index contributed by atoms with van der Waals surface area (Å²) in [6.07, 6.45) is 15.9. The number of halogens is 1. The highest BCUT2D eigenvalue weighted by molar-refractivity contribution is 6.20. The molecule has 2 heterocycles. The lowest BCUT2D eigenvalue weighted by atomic mass is 9.86. The third-order valence-corrected chi connectivity index (χ3v) is 9.32. The summed E-state index contributed by atoms with van der Waals surface area (Å²) in [6.45, 7) is 7.75. The molecule has 0 aromatic rings. The topological polar surface area (TPSA) is 62.5 Å². The smallest absolute Gasteiger partial charge is 0.0615 e. The van der Waals surface area contributed by atoms with Crippen molar-refractivity contribution in [3.05, 3.63) is 0 Å². The van der Waals surface area contributed by atoms with E-state index in [1.165, 1.54) is 77.3 Å². The van der Waals surface area contributed by atoms with E-state index in [9.17, 15) is 0 Å². The van der Waals surface area contributed by atoms with Gasteiger partial charge in [0.1, 0.15) is 0 Å². The zero-order valence-corrected chi connectivity index (χ0v) is 21.2. The zero-order valence-electron chi connectivity index (χ0n) is 20.5. The summed E-state index contributed by atoms with van der Waals surface area (Å²) in [4.78, 5) is 2.77. The second kappa shape index (κ2) is 12.7. The molecule has 2 aliphatic carbocycles. The van der Waals surface area contributed by atoms with Crippen molar-refractivity contribution in [3.63, 3.8) is 0 Å². The number of nitrogens with zero attached hydrogens (tertiary/aromatic N) is 1. The number of hydrogen-bond acceptors (Lipinski definition) is 5. The number of ether oxygens (including phenoxy) is 1. The number of likely N-dealkylation sites (tertiary alicyclic amines) is 1. The maximum Gasteiger partial charge on any atom is 0.0615 e. The summed E-state index contributed by atoms with van der Waals surface area (Å²) in [6, 6.07) is 1.18. The fourth-order valence-corrected chi connectivity index (χ4v) is 7.00. The zero-order chi connectivity index (χ0) is 22.3. The lowest BCUT2D eigenvalue weighted by Crippen LogP contribution is -2.62. The van der Waals surface area contributed by atoms with E-state index in [1.807, 2.05) is 0 Å². The summed E-state index contributed by atoms with van der Waals surface area (Å²) in [5, 5.41) is 8.06. The van der Waals surface area contributed by atoms with Crippen molar-refractivity contribution in [2.45, 2.75) is 114 Å². The quantitative estimate of drug-likeness (QED) is 0.491. The molecule has 4 fully saturated rings. The van der Waals surface area contributed by atoms with E-state index in [1.54, 1.807) is 0 Å². The first kappa shape index (κ1) is 25.2. The van der Waals surface area contributed by atoms with Gasteiger partial charge in [-0.15, -0.1) is 11.6 Å². The Labute approximate surface area is 201 Å². The van der Waals surface area contributed by atoms with Crippen LogP contribution in [0, 0.1) is 17.8 Å². The summed E-state index contributed by atoms with van der Waals surface area (Å²) in [7, 11) is 0. The fourth-order valence-electron chi connectivity index (χ4n) is 6.53. The molecule has 4 rings (SSSR count). The molecule has 0 aromatic carbocycles. The minimum absolute atomic E-state index is 0.243. The molecule has 0 spiro atoms. The van der Waals surface area contributed by atoms with E-state index < -0.39 is 0 Å². The number of piperidine rings is 2. The van der Waals surface area contributed by atoms with Crippen molar-refractivity contribution in [3.8, 4) is 0 Å². The summed E-state index contributed by atoms with van der Waals surface area (Å²) < 4.78 is 6.26. The molecule has 4 aliphatic rings. The average Bonchev–Trinajstić information content (AvgIpc) is 2.84. The first-order valence-corrected chi connectivity index (χ1v) is 14.2. The second-order valence-electron chi connectivity index (χ2n) is 11.3. The fraction of sp³-hybridized carbons (Fsp3) is 1.00. The van der Waals surface area contributed by atoms with Crippen molar-refractivity contribution in [2.24, 2.45) is 23.5 Å². The number of alkyl halides is 1. The van der Waals surface area contributed by atoms with Crippen molar-refractivity contribution in [1.82, 2.24) is 15.5 Å². The minimum Gasteiger partial charge on any atom is -0.378 e. The maximum absolute atomic E-state index is 6.77. The van der Waals surface area contributed by atoms with Gasteiger partial charge in [-0.3, -0.25) is 10.2 Å². The molecule has 5 nitrogen and oxygen atoms in total. The summed E-state index contributed by atoms with van der Waals surface area (Å²) in [5.41, 5.74) is 5.98. The van der Waals surface area contributed by atoms with E-state index in [-0.39, 0.29) is 5.38 Å². The van der Waals surface area contributed by atoms with Gasteiger partial charge in [0.25, 0.3) is 0 Å². The molecule has 0 amide bonds. The van der Waals surface area contributed by atoms with Crippen LogP contribution in [-0.2, 0) is 4.74 Å². The minimum atomic E-state index is 0.243. The van der Waals surface area contributed by atoms with Crippen LogP contribution >= 0.6 is 11.6 Å². The Morgan fingerprint density at radius 3 is 2.44 bits per heavy atom. The average molecular weight is 469 g/mol. The van der Waals surface area contributed by atoms with Crippen molar-refractivity contribution >= 4 is 11.6 Å². The van der Waals surface area contributed by atoms with Crippen LogP contribution in [0.4, 0.5) is 0 Å². The van der Waals surface area contributed by atoms with Crippen LogP contribution in [0.15, 0.2) is 0 Å². The van der Waals surface area contributed by atoms with Gasteiger partial charge in [0.15, 0.2) is 0 Å². The highest BCUT2D eigenvalue weighted by atomic mass is 35.5. The first-order valence-electron chi connectivity index (χ1n) is 13.8. The van der Waals surface area contributed by atoms with Gasteiger partial charge < -0.3 is 15.8 Å². The van der Waals surface area contributed by atoms with E-state index in [0.29, 0.717) is 36.2 Å². The van der Waals surface area contributed by atoms with Gasteiger partial charge in [-0.25, -0.2) is 0 Å². The maximum atomic E-state index is 6.77.